The van der Waals surface area contributed by atoms with Crippen LogP contribution in [0.15, 0.2) is 30.3 Å². The quantitative estimate of drug-likeness (QED) is 0.734. The summed E-state index contributed by atoms with van der Waals surface area (Å²) in [5.41, 5.74) is 1.71. The molecule has 2 nitrogen and oxygen atoms in total. The Labute approximate surface area is 118 Å². The number of rotatable bonds is 9. The van der Waals surface area contributed by atoms with Crippen molar-refractivity contribution in [1.29, 1.82) is 0 Å². The van der Waals surface area contributed by atoms with Crippen LogP contribution < -0.4 is 5.32 Å². The van der Waals surface area contributed by atoms with E-state index in [1.807, 2.05) is 0 Å². The lowest BCUT2D eigenvalue weighted by Crippen LogP contribution is -2.38. The molecule has 1 atom stereocenters. The predicted molar refractivity (Wildman–Crippen MR) is 82.5 cm³/mol. The van der Waals surface area contributed by atoms with Gasteiger partial charge in [-0.1, -0.05) is 51.1 Å². The molecule has 1 N–H and O–H groups in total. The lowest BCUT2D eigenvalue weighted by atomic mass is 9.89. The monoisotopic (exact) mass is 263 g/mol. The van der Waals surface area contributed by atoms with Crippen molar-refractivity contribution in [3.63, 3.8) is 0 Å². The molecule has 1 unspecified atom stereocenters. The van der Waals surface area contributed by atoms with E-state index in [-0.39, 0.29) is 0 Å². The molecule has 19 heavy (non-hydrogen) atoms. The van der Waals surface area contributed by atoms with Gasteiger partial charge in [0.05, 0.1) is 0 Å². The summed E-state index contributed by atoms with van der Waals surface area (Å²) < 4.78 is 5.18. The average Bonchev–Trinajstić information content (AvgIpc) is 2.42. The molecular formula is C17H29NO. The van der Waals surface area contributed by atoms with Gasteiger partial charge < -0.3 is 10.1 Å². The van der Waals surface area contributed by atoms with Crippen molar-refractivity contribution < 1.29 is 4.74 Å². The Balaban J connectivity index is 2.40. The first kappa shape index (κ1) is 16.2. The van der Waals surface area contributed by atoms with Crippen LogP contribution in [0.25, 0.3) is 0 Å². The third-order valence-electron chi connectivity index (χ3n) is 3.67. The highest BCUT2D eigenvalue weighted by Gasteiger charge is 2.19. The van der Waals surface area contributed by atoms with Gasteiger partial charge in [0, 0.05) is 26.3 Å². The third-order valence-corrected chi connectivity index (χ3v) is 3.67. The average molecular weight is 263 g/mol. The first-order chi connectivity index (χ1) is 9.07. The summed E-state index contributed by atoms with van der Waals surface area (Å²) in [4.78, 5) is 0. The normalized spacial score (nSPS) is 13.5. The van der Waals surface area contributed by atoms with Crippen LogP contribution in [0.2, 0.25) is 0 Å². The molecule has 0 spiro atoms. The molecule has 2 heteroatoms. The second kappa shape index (κ2) is 8.34. The maximum absolute atomic E-state index is 5.18. The van der Waals surface area contributed by atoms with Gasteiger partial charge in [0.25, 0.3) is 0 Å². The van der Waals surface area contributed by atoms with Crippen LogP contribution in [0.3, 0.4) is 0 Å². The highest BCUT2D eigenvalue weighted by molar-refractivity contribution is 5.15. The molecule has 0 heterocycles. The maximum atomic E-state index is 5.18. The van der Waals surface area contributed by atoms with Crippen molar-refractivity contribution >= 4 is 0 Å². The Morgan fingerprint density at radius 1 is 1.21 bits per heavy atom. The summed E-state index contributed by atoms with van der Waals surface area (Å²) in [5, 5.41) is 3.71. The van der Waals surface area contributed by atoms with Crippen molar-refractivity contribution in [3.05, 3.63) is 35.9 Å². The Morgan fingerprint density at radius 2 is 1.89 bits per heavy atom. The van der Waals surface area contributed by atoms with Crippen LogP contribution >= 0.6 is 0 Å². The molecule has 0 fully saturated rings. The molecule has 0 aliphatic carbocycles. The zero-order valence-electron chi connectivity index (χ0n) is 12.9. The fourth-order valence-electron chi connectivity index (χ4n) is 2.15. The SMILES string of the molecule is CCC(Cc1ccccc1)NCC(C)(C)CCOC. The minimum absolute atomic E-state index is 0.292. The summed E-state index contributed by atoms with van der Waals surface area (Å²) >= 11 is 0. The van der Waals surface area contributed by atoms with E-state index in [1.54, 1.807) is 7.11 Å². The molecular weight excluding hydrogens is 234 g/mol. The fourth-order valence-corrected chi connectivity index (χ4v) is 2.15. The second-order valence-corrected chi connectivity index (χ2v) is 6.08. The fraction of sp³-hybridized carbons (Fsp3) is 0.647. The number of nitrogens with one attached hydrogen (secondary N) is 1. The van der Waals surface area contributed by atoms with Gasteiger partial charge in [0.2, 0.25) is 0 Å². The van der Waals surface area contributed by atoms with Gasteiger partial charge in [0.1, 0.15) is 0 Å². The molecule has 0 aromatic heterocycles. The van der Waals surface area contributed by atoms with E-state index in [2.05, 4.69) is 56.4 Å². The highest BCUT2D eigenvalue weighted by Crippen LogP contribution is 2.19. The molecule has 0 amide bonds. The van der Waals surface area contributed by atoms with Crippen molar-refractivity contribution in [3.8, 4) is 0 Å². The summed E-state index contributed by atoms with van der Waals surface area (Å²) in [6.07, 6.45) is 3.37. The van der Waals surface area contributed by atoms with Crippen molar-refractivity contribution in [2.24, 2.45) is 5.41 Å². The van der Waals surface area contributed by atoms with E-state index < -0.39 is 0 Å². The van der Waals surface area contributed by atoms with Gasteiger partial charge in [-0.25, -0.2) is 0 Å². The lowest BCUT2D eigenvalue weighted by molar-refractivity contribution is 0.148. The molecule has 0 radical (unpaired) electrons. The number of benzene rings is 1. The molecule has 1 rings (SSSR count). The van der Waals surface area contributed by atoms with Crippen LogP contribution in [0.4, 0.5) is 0 Å². The van der Waals surface area contributed by atoms with Crippen LogP contribution in [-0.2, 0) is 11.2 Å². The first-order valence-corrected chi connectivity index (χ1v) is 7.33. The maximum Gasteiger partial charge on any atom is 0.0467 e. The number of methoxy groups -OCH3 is 1. The molecule has 108 valence electrons. The standard InChI is InChI=1S/C17H29NO/c1-5-16(13-15-9-7-6-8-10-15)18-14-17(2,3)11-12-19-4/h6-10,16,18H,5,11-14H2,1-4H3. The molecule has 0 bridgehead atoms. The number of hydrogen-bond donors (Lipinski definition) is 1. The zero-order chi connectivity index (χ0) is 14.1. The number of ether oxygens (including phenoxy) is 1. The van der Waals surface area contributed by atoms with Crippen molar-refractivity contribution in [2.75, 3.05) is 20.3 Å². The Morgan fingerprint density at radius 3 is 2.47 bits per heavy atom. The molecule has 0 aliphatic rings. The molecule has 0 aliphatic heterocycles. The highest BCUT2D eigenvalue weighted by atomic mass is 16.5. The van der Waals surface area contributed by atoms with E-state index in [4.69, 9.17) is 4.74 Å². The summed E-state index contributed by atoms with van der Waals surface area (Å²) in [6, 6.07) is 11.3. The van der Waals surface area contributed by atoms with Gasteiger partial charge in [0.15, 0.2) is 0 Å². The zero-order valence-corrected chi connectivity index (χ0v) is 12.9. The molecule has 0 saturated carbocycles. The largest absolute Gasteiger partial charge is 0.385 e. The topological polar surface area (TPSA) is 21.3 Å². The van der Waals surface area contributed by atoms with Crippen LogP contribution in [-0.4, -0.2) is 26.3 Å². The molecule has 0 saturated heterocycles. The first-order valence-electron chi connectivity index (χ1n) is 7.33. The minimum atomic E-state index is 0.292. The lowest BCUT2D eigenvalue weighted by Gasteiger charge is -2.28. The summed E-state index contributed by atoms with van der Waals surface area (Å²) in [5.74, 6) is 0. The Hall–Kier alpha value is -0.860. The summed E-state index contributed by atoms with van der Waals surface area (Å²) in [7, 11) is 1.77. The molecule has 1 aromatic carbocycles. The van der Waals surface area contributed by atoms with E-state index >= 15 is 0 Å². The van der Waals surface area contributed by atoms with Gasteiger partial charge in [-0.3, -0.25) is 0 Å². The van der Waals surface area contributed by atoms with E-state index in [0.29, 0.717) is 11.5 Å². The minimum Gasteiger partial charge on any atom is -0.385 e. The predicted octanol–water partition coefficient (Wildman–Crippen LogP) is 3.66. The van der Waals surface area contributed by atoms with Crippen molar-refractivity contribution in [2.45, 2.75) is 46.1 Å². The van der Waals surface area contributed by atoms with Crippen LogP contribution in [0.1, 0.15) is 39.2 Å². The van der Waals surface area contributed by atoms with E-state index in [9.17, 15) is 0 Å². The second-order valence-electron chi connectivity index (χ2n) is 6.08. The van der Waals surface area contributed by atoms with Gasteiger partial charge in [-0.15, -0.1) is 0 Å². The van der Waals surface area contributed by atoms with E-state index in [1.165, 1.54) is 5.56 Å². The Kier molecular flexibility index (Phi) is 7.11. The third kappa shape index (κ3) is 6.74. The van der Waals surface area contributed by atoms with Gasteiger partial charge in [-0.2, -0.15) is 0 Å². The Bertz CT molecular complexity index is 334. The van der Waals surface area contributed by atoms with Crippen molar-refractivity contribution in [1.82, 2.24) is 5.32 Å². The summed E-state index contributed by atoms with van der Waals surface area (Å²) in [6.45, 7) is 8.73. The van der Waals surface area contributed by atoms with Crippen LogP contribution in [0, 0.1) is 5.41 Å². The van der Waals surface area contributed by atoms with E-state index in [0.717, 1.165) is 32.4 Å². The van der Waals surface area contributed by atoms with Gasteiger partial charge >= 0.3 is 0 Å². The smallest absolute Gasteiger partial charge is 0.0467 e. The number of hydrogen-bond acceptors (Lipinski definition) is 2. The molecule has 1 aromatic rings. The van der Waals surface area contributed by atoms with Crippen LogP contribution in [0.5, 0.6) is 0 Å². The van der Waals surface area contributed by atoms with Gasteiger partial charge in [-0.05, 0) is 30.2 Å².